The predicted molar refractivity (Wildman–Crippen MR) is 113 cm³/mol. The summed E-state index contributed by atoms with van der Waals surface area (Å²) in [6.07, 6.45) is 1.45. The Hall–Kier alpha value is -2.44. The Kier molecular flexibility index (Phi) is 5.08. The van der Waals surface area contributed by atoms with Gasteiger partial charge in [-0.05, 0) is 50.2 Å². The Labute approximate surface area is 166 Å². The van der Waals surface area contributed by atoms with Crippen LogP contribution in [-0.2, 0) is 9.84 Å². The van der Waals surface area contributed by atoms with Crippen molar-refractivity contribution in [3.63, 3.8) is 0 Å². The van der Waals surface area contributed by atoms with E-state index in [4.69, 9.17) is 0 Å². The summed E-state index contributed by atoms with van der Waals surface area (Å²) < 4.78 is 25.8. The molecule has 1 aliphatic rings. The SMILES string of the molecule is CC(C)N1CCN(c2ccc3ncc(S(=O)(=O)c4ccccc4)cc3c2)CC1. The lowest BCUT2D eigenvalue weighted by molar-refractivity contribution is 0.209. The molecule has 1 fully saturated rings. The van der Waals surface area contributed by atoms with Gasteiger partial charge in [0, 0.05) is 49.5 Å². The minimum absolute atomic E-state index is 0.230. The number of piperazine rings is 1. The normalized spacial score (nSPS) is 16.0. The number of hydrogen-bond acceptors (Lipinski definition) is 5. The van der Waals surface area contributed by atoms with E-state index < -0.39 is 9.84 Å². The van der Waals surface area contributed by atoms with Crippen molar-refractivity contribution < 1.29 is 8.42 Å². The Balaban J connectivity index is 1.65. The zero-order chi connectivity index (χ0) is 19.7. The molecule has 28 heavy (non-hydrogen) atoms. The van der Waals surface area contributed by atoms with Crippen molar-refractivity contribution in [2.24, 2.45) is 0 Å². The molecule has 5 nitrogen and oxygen atoms in total. The van der Waals surface area contributed by atoms with E-state index in [2.05, 4.69) is 40.8 Å². The lowest BCUT2D eigenvalue weighted by atomic mass is 10.1. The molecule has 0 spiro atoms. The summed E-state index contributed by atoms with van der Waals surface area (Å²) in [6, 6.07) is 16.9. The van der Waals surface area contributed by atoms with Crippen molar-refractivity contribution in [1.82, 2.24) is 9.88 Å². The van der Waals surface area contributed by atoms with E-state index in [0.717, 1.165) is 42.8 Å². The van der Waals surface area contributed by atoms with Gasteiger partial charge < -0.3 is 4.90 Å². The molecule has 1 aliphatic heterocycles. The van der Waals surface area contributed by atoms with Gasteiger partial charge >= 0.3 is 0 Å². The Morgan fingerprint density at radius 3 is 2.29 bits per heavy atom. The summed E-state index contributed by atoms with van der Waals surface area (Å²) in [7, 11) is -3.57. The van der Waals surface area contributed by atoms with E-state index in [0.29, 0.717) is 6.04 Å². The lowest BCUT2D eigenvalue weighted by Gasteiger charge is -2.38. The molecular weight excluding hydrogens is 370 g/mol. The summed E-state index contributed by atoms with van der Waals surface area (Å²) in [5, 5.41) is 0.848. The molecule has 0 unspecified atom stereocenters. The molecule has 2 heterocycles. The molecule has 1 aromatic heterocycles. The van der Waals surface area contributed by atoms with E-state index in [-0.39, 0.29) is 9.79 Å². The van der Waals surface area contributed by atoms with E-state index >= 15 is 0 Å². The van der Waals surface area contributed by atoms with E-state index in [1.54, 1.807) is 30.3 Å². The summed E-state index contributed by atoms with van der Waals surface area (Å²) in [5.41, 5.74) is 1.92. The third kappa shape index (κ3) is 3.62. The number of sulfone groups is 1. The molecule has 0 saturated carbocycles. The number of hydrogen-bond donors (Lipinski definition) is 0. The first-order valence-corrected chi connectivity index (χ1v) is 11.1. The summed E-state index contributed by atoms with van der Waals surface area (Å²) in [4.78, 5) is 9.74. The predicted octanol–water partition coefficient (Wildman–Crippen LogP) is 3.60. The zero-order valence-corrected chi connectivity index (χ0v) is 17.1. The summed E-state index contributed by atoms with van der Waals surface area (Å²) in [5.74, 6) is 0. The standard InChI is InChI=1S/C22H25N3O2S/c1-17(2)24-10-12-25(13-11-24)19-8-9-22-18(14-19)15-21(16-23-22)28(26,27)20-6-4-3-5-7-20/h3-9,14-17H,10-13H2,1-2H3. The van der Waals surface area contributed by atoms with Crippen LogP contribution in [-0.4, -0.2) is 50.5 Å². The van der Waals surface area contributed by atoms with E-state index in [1.165, 1.54) is 6.20 Å². The fourth-order valence-corrected chi connectivity index (χ4v) is 4.94. The van der Waals surface area contributed by atoms with Crippen molar-refractivity contribution in [3.05, 3.63) is 60.8 Å². The lowest BCUT2D eigenvalue weighted by Crippen LogP contribution is -2.48. The Morgan fingerprint density at radius 2 is 1.61 bits per heavy atom. The molecule has 1 saturated heterocycles. The van der Waals surface area contributed by atoms with Gasteiger partial charge in [0.05, 0.1) is 15.3 Å². The maximum absolute atomic E-state index is 12.9. The van der Waals surface area contributed by atoms with Crippen LogP contribution in [0.25, 0.3) is 10.9 Å². The zero-order valence-electron chi connectivity index (χ0n) is 16.2. The Morgan fingerprint density at radius 1 is 0.893 bits per heavy atom. The largest absolute Gasteiger partial charge is 0.369 e. The maximum Gasteiger partial charge on any atom is 0.208 e. The smallest absolute Gasteiger partial charge is 0.208 e. The fourth-order valence-electron chi connectivity index (χ4n) is 3.67. The highest BCUT2D eigenvalue weighted by Gasteiger charge is 2.21. The van der Waals surface area contributed by atoms with Crippen molar-refractivity contribution in [1.29, 1.82) is 0 Å². The summed E-state index contributed by atoms with van der Waals surface area (Å²) in [6.45, 7) is 8.48. The molecule has 6 heteroatoms. The molecular formula is C22H25N3O2S. The molecule has 0 aliphatic carbocycles. The average molecular weight is 396 g/mol. The minimum atomic E-state index is -3.57. The van der Waals surface area contributed by atoms with Gasteiger partial charge in [0.1, 0.15) is 0 Å². The van der Waals surface area contributed by atoms with Crippen molar-refractivity contribution >= 4 is 26.4 Å². The third-order valence-electron chi connectivity index (χ3n) is 5.41. The monoisotopic (exact) mass is 395 g/mol. The highest BCUT2D eigenvalue weighted by atomic mass is 32.2. The van der Waals surface area contributed by atoms with E-state index in [9.17, 15) is 8.42 Å². The highest BCUT2D eigenvalue weighted by Crippen LogP contribution is 2.27. The van der Waals surface area contributed by atoms with Crippen molar-refractivity contribution in [3.8, 4) is 0 Å². The van der Waals surface area contributed by atoms with E-state index in [1.807, 2.05) is 12.1 Å². The molecule has 146 valence electrons. The van der Waals surface area contributed by atoms with Crippen LogP contribution >= 0.6 is 0 Å². The number of anilines is 1. The van der Waals surface area contributed by atoms with Crippen LogP contribution in [0.3, 0.4) is 0 Å². The second kappa shape index (κ2) is 7.53. The summed E-state index contributed by atoms with van der Waals surface area (Å²) >= 11 is 0. The topological polar surface area (TPSA) is 53.5 Å². The number of aromatic nitrogens is 1. The van der Waals surface area contributed by atoms with Crippen LogP contribution in [0.4, 0.5) is 5.69 Å². The van der Waals surface area contributed by atoms with Gasteiger partial charge in [-0.3, -0.25) is 9.88 Å². The second-order valence-corrected chi connectivity index (χ2v) is 9.43. The molecule has 0 amide bonds. The number of nitrogens with zero attached hydrogens (tertiary/aromatic N) is 3. The molecule has 4 rings (SSSR count). The molecule has 0 bridgehead atoms. The first kappa shape index (κ1) is 18.9. The second-order valence-electron chi connectivity index (χ2n) is 7.48. The molecule has 0 radical (unpaired) electrons. The van der Waals surface area contributed by atoms with Gasteiger partial charge in [-0.15, -0.1) is 0 Å². The van der Waals surface area contributed by atoms with Crippen LogP contribution < -0.4 is 4.90 Å². The molecule has 3 aromatic rings. The van der Waals surface area contributed by atoms with Gasteiger partial charge in [0.25, 0.3) is 0 Å². The first-order valence-electron chi connectivity index (χ1n) is 9.64. The van der Waals surface area contributed by atoms with Gasteiger partial charge in [-0.1, -0.05) is 18.2 Å². The van der Waals surface area contributed by atoms with Crippen molar-refractivity contribution in [2.45, 2.75) is 29.7 Å². The number of pyridine rings is 1. The first-order chi connectivity index (χ1) is 13.4. The van der Waals surface area contributed by atoms with Crippen molar-refractivity contribution in [2.75, 3.05) is 31.1 Å². The van der Waals surface area contributed by atoms with Gasteiger partial charge in [0.2, 0.25) is 9.84 Å². The number of fused-ring (bicyclic) bond motifs is 1. The highest BCUT2D eigenvalue weighted by molar-refractivity contribution is 7.91. The average Bonchev–Trinajstić information content (AvgIpc) is 2.73. The van der Waals surface area contributed by atoms with Crippen LogP contribution in [0.1, 0.15) is 13.8 Å². The maximum atomic E-state index is 12.9. The number of benzene rings is 2. The van der Waals surface area contributed by atoms with Gasteiger partial charge in [-0.25, -0.2) is 8.42 Å². The minimum Gasteiger partial charge on any atom is -0.369 e. The Bertz CT molecular complexity index is 1070. The van der Waals surface area contributed by atoms with Crippen LogP contribution in [0, 0.1) is 0 Å². The quantitative estimate of drug-likeness (QED) is 0.676. The fraction of sp³-hybridized carbons (Fsp3) is 0.318. The van der Waals surface area contributed by atoms with Crippen LogP contribution in [0.2, 0.25) is 0 Å². The molecule has 2 aromatic carbocycles. The van der Waals surface area contributed by atoms with Crippen LogP contribution in [0.5, 0.6) is 0 Å². The number of rotatable bonds is 4. The third-order valence-corrected chi connectivity index (χ3v) is 7.15. The van der Waals surface area contributed by atoms with Crippen LogP contribution in [0.15, 0.2) is 70.6 Å². The molecule has 0 atom stereocenters. The van der Waals surface area contributed by atoms with Gasteiger partial charge in [-0.2, -0.15) is 0 Å². The molecule has 0 N–H and O–H groups in total. The van der Waals surface area contributed by atoms with Gasteiger partial charge in [0.15, 0.2) is 0 Å².